The Bertz CT molecular complexity index is 410. The Balaban J connectivity index is 2.21. The molecular formula is C14H20F2N2O2. The Kier molecular flexibility index (Phi) is 5.70. The molecule has 0 radical (unpaired) electrons. The smallest absolute Gasteiger partial charge is 0.387 e. The Labute approximate surface area is 117 Å². The zero-order valence-corrected chi connectivity index (χ0v) is 11.3. The first-order valence-corrected chi connectivity index (χ1v) is 6.81. The summed E-state index contributed by atoms with van der Waals surface area (Å²) in [5, 5.41) is 13.0. The van der Waals surface area contributed by atoms with E-state index in [1.165, 1.54) is 6.07 Å². The molecule has 0 amide bonds. The van der Waals surface area contributed by atoms with Crippen molar-refractivity contribution in [3.05, 3.63) is 29.8 Å². The van der Waals surface area contributed by atoms with E-state index in [2.05, 4.69) is 15.0 Å². The third-order valence-corrected chi connectivity index (χ3v) is 3.48. The molecule has 0 bridgehead atoms. The third-order valence-electron chi connectivity index (χ3n) is 3.48. The number of aliphatic hydroxyl groups is 1. The Hall–Kier alpha value is -1.24. The van der Waals surface area contributed by atoms with Gasteiger partial charge in [0.2, 0.25) is 0 Å². The van der Waals surface area contributed by atoms with Gasteiger partial charge in [0, 0.05) is 25.2 Å². The fourth-order valence-corrected chi connectivity index (χ4v) is 2.55. The average Bonchev–Trinajstić information content (AvgIpc) is 2.70. The highest BCUT2D eigenvalue weighted by Gasteiger charge is 2.24. The Morgan fingerprint density at radius 2 is 2.05 bits per heavy atom. The number of hydrogen-bond donors (Lipinski definition) is 2. The van der Waals surface area contributed by atoms with Crippen LogP contribution in [0.15, 0.2) is 24.3 Å². The van der Waals surface area contributed by atoms with E-state index in [9.17, 15) is 13.9 Å². The number of benzene rings is 1. The summed E-state index contributed by atoms with van der Waals surface area (Å²) in [6, 6.07) is 6.35. The molecule has 6 heteroatoms. The van der Waals surface area contributed by atoms with Gasteiger partial charge >= 0.3 is 6.61 Å². The summed E-state index contributed by atoms with van der Waals surface area (Å²) in [5.74, 6) is 0.138. The maximum Gasteiger partial charge on any atom is 0.387 e. The van der Waals surface area contributed by atoms with E-state index in [1.807, 2.05) is 0 Å². The summed E-state index contributed by atoms with van der Waals surface area (Å²) in [4.78, 5) is 2.10. The van der Waals surface area contributed by atoms with Crippen LogP contribution in [0.2, 0.25) is 0 Å². The fourth-order valence-electron chi connectivity index (χ4n) is 2.55. The lowest BCUT2D eigenvalue weighted by Crippen LogP contribution is -2.34. The number of ether oxygens (including phenoxy) is 1. The van der Waals surface area contributed by atoms with E-state index in [-0.39, 0.29) is 18.4 Å². The molecule has 0 spiro atoms. The summed E-state index contributed by atoms with van der Waals surface area (Å²) in [7, 11) is 0. The average molecular weight is 286 g/mol. The van der Waals surface area contributed by atoms with Crippen LogP contribution in [-0.2, 0) is 0 Å². The zero-order valence-electron chi connectivity index (χ0n) is 11.3. The molecular weight excluding hydrogens is 266 g/mol. The van der Waals surface area contributed by atoms with Crippen LogP contribution in [0.25, 0.3) is 0 Å². The van der Waals surface area contributed by atoms with E-state index in [0.29, 0.717) is 5.56 Å². The zero-order chi connectivity index (χ0) is 14.4. The number of nitrogens with zero attached hydrogens (tertiary/aromatic N) is 1. The van der Waals surface area contributed by atoms with Crippen molar-refractivity contribution < 1.29 is 18.6 Å². The highest BCUT2D eigenvalue weighted by atomic mass is 19.3. The molecule has 1 aromatic rings. The van der Waals surface area contributed by atoms with Gasteiger partial charge < -0.3 is 15.2 Å². The lowest BCUT2D eigenvalue weighted by atomic mass is 10.0. The standard InChI is InChI=1S/C14H20F2N2O2/c15-14(16)20-13-5-2-1-4-11(13)12(10-19)18-8-3-6-17-7-9-18/h1-2,4-5,12,14,17,19H,3,6-10H2. The molecule has 20 heavy (non-hydrogen) atoms. The van der Waals surface area contributed by atoms with E-state index < -0.39 is 6.61 Å². The second-order valence-corrected chi connectivity index (χ2v) is 4.75. The molecule has 1 fully saturated rings. The molecule has 1 aliphatic rings. The highest BCUT2D eigenvalue weighted by Crippen LogP contribution is 2.30. The first-order valence-electron chi connectivity index (χ1n) is 6.81. The van der Waals surface area contributed by atoms with Crippen LogP contribution in [0.3, 0.4) is 0 Å². The van der Waals surface area contributed by atoms with E-state index >= 15 is 0 Å². The van der Waals surface area contributed by atoms with Crippen molar-refractivity contribution in [1.29, 1.82) is 0 Å². The van der Waals surface area contributed by atoms with Gasteiger partial charge in [-0.15, -0.1) is 0 Å². The minimum Gasteiger partial charge on any atom is -0.434 e. The number of halogens is 2. The minimum absolute atomic E-state index is 0.121. The Morgan fingerprint density at radius 1 is 1.25 bits per heavy atom. The molecule has 4 nitrogen and oxygen atoms in total. The number of nitrogens with one attached hydrogen (secondary N) is 1. The monoisotopic (exact) mass is 286 g/mol. The molecule has 112 valence electrons. The number of para-hydroxylation sites is 1. The van der Waals surface area contributed by atoms with Crippen molar-refractivity contribution in [1.82, 2.24) is 10.2 Å². The molecule has 1 heterocycles. The van der Waals surface area contributed by atoms with Crippen LogP contribution in [0.4, 0.5) is 8.78 Å². The van der Waals surface area contributed by atoms with Crippen molar-refractivity contribution >= 4 is 0 Å². The first kappa shape index (κ1) is 15.2. The summed E-state index contributed by atoms with van der Waals surface area (Å²) < 4.78 is 29.5. The molecule has 1 unspecified atom stereocenters. The number of aliphatic hydroxyl groups excluding tert-OH is 1. The number of hydrogen-bond acceptors (Lipinski definition) is 4. The maximum atomic E-state index is 12.5. The van der Waals surface area contributed by atoms with Gasteiger partial charge in [-0.2, -0.15) is 8.78 Å². The van der Waals surface area contributed by atoms with E-state index in [4.69, 9.17) is 0 Å². The van der Waals surface area contributed by atoms with Crippen LogP contribution in [-0.4, -0.2) is 49.4 Å². The Morgan fingerprint density at radius 3 is 2.80 bits per heavy atom. The molecule has 1 atom stereocenters. The molecule has 0 aliphatic carbocycles. The van der Waals surface area contributed by atoms with Gasteiger partial charge in [-0.3, -0.25) is 4.90 Å². The summed E-state index contributed by atoms with van der Waals surface area (Å²) in [5.41, 5.74) is 0.609. The minimum atomic E-state index is -2.86. The van der Waals surface area contributed by atoms with Gasteiger partial charge in [-0.1, -0.05) is 18.2 Å². The van der Waals surface area contributed by atoms with Crippen molar-refractivity contribution in [3.8, 4) is 5.75 Å². The van der Waals surface area contributed by atoms with Gasteiger partial charge in [-0.25, -0.2) is 0 Å². The molecule has 1 saturated heterocycles. The topological polar surface area (TPSA) is 44.7 Å². The van der Waals surface area contributed by atoms with Gasteiger partial charge in [0.25, 0.3) is 0 Å². The van der Waals surface area contributed by atoms with Crippen LogP contribution in [0, 0.1) is 0 Å². The van der Waals surface area contributed by atoms with Crippen molar-refractivity contribution in [2.75, 3.05) is 32.8 Å². The normalized spacial score (nSPS) is 18.8. The summed E-state index contributed by atoms with van der Waals surface area (Å²) >= 11 is 0. The lowest BCUT2D eigenvalue weighted by Gasteiger charge is -2.30. The summed E-state index contributed by atoms with van der Waals surface area (Å²) in [6.45, 7) is 0.374. The molecule has 2 rings (SSSR count). The number of rotatable bonds is 5. The molecule has 0 aromatic heterocycles. The predicted octanol–water partition coefficient (Wildman–Crippen LogP) is 1.62. The van der Waals surface area contributed by atoms with Crippen LogP contribution in [0.5, 0.6) is 5.75 Å². The maximum absolute atomic E-state index is 12.5. The van der Waals surface area contributed by atoms with Crippen LogP contribution >= 0.6 is 0 Å². The quantitative estimate of drug-likeness (QED) is 0.863. The van der Waals surface area contributed by atoms with E-state index in [1.54, 1.807) is 18.2 Å². The molecule has 1 aromatic carbocycles. The molecule has 1 aliphatic heterocycles. The van der Waals surface area contributed by atoms with Crippen molar-refractivity contribution in [2.45, 2.75) is 19.1 Å². The van der Waals surface area contributed by atoms with Gasteiger partial charge in [0.15, 0.2) is 0 Å². The highest BCUT2D eigenvalue weighted by molar-refractivity contribution is 5.36. The van der Waals surface area contributed by atoms with Crippen LogP contribution in [0.1, 0.15) is 18.0 Å². The number of alkyl halides is 2. The van der Waals surface area contributed by atoms with E-state index in [0.717, 1.165) is 32.6 Å². The largest absolute Gasteiger partial charge is 0.434 e. The summed E-state index contributed by atoms with van der Waals surface area (Å²) in [6.07, 6.45) is 0.967. The molecule has 0 saturated carbocycles. The van der Waals surface area contributed by atoms with Crippen molar-refractivity contribution in [2.24, 2.45) is 0 Å². The first-order chi connectivity index (χ1) is 9.72. The van der Waals surface area contributed by atoms with Crippen LogP contribution < -0.4 is 10.1 Å². The molecule has 2 N–H and O–H groups in total. The van der Waals surface area contributed by atoms with Gasteiger partial charge in [0.05, 0.1) is 12.6 Å². The predicted molar refractivity (Wildman–Crippen MR) is 72.0 cm³/mol. The van der Waals surface area contributed by atoms with Gasteiger partial charge in [-0.05, 0) is 19.0 Å². The van der Waals surface area contributed by atoms with Crippen molar-refractivity contribution in [3.63, 3.8) is 0 Å². The lowest BCUT2D eigenvalue weighted by molar-refractivity contribution is -0.0515. The van der Waals surface area contributed by atoms with Gasteiger partial charge in [0.1, 0.15) is 5.75 Å². The fraction of sp³-hybridized carbons (Fsp3) is 0.571. The third kappa shape index (κ3) is 3.88. The SMILES string of the molecule is OCC(c1ccccc1OC(F)F)N1CCCNCC1. The second kappa shape index (κ2) is 7.52. The second-order valence-electron chi connectivity index (χ2n) is 4.75.